The molecule has 0 aliphatic rings. The Morgan fingerprint density at radius 2 is 2.12 bits per heavy atom. The number of nitrogens with one attached hydrogen (secondary N) is 1. The number of benzene rings is 1. The van der Waals surface area contributed by atoms with Gasteiger partial charge in [0.05, 0.1) is 0 Å². The molecule has 0 saturated carbocycles. The maximum Gasteiger partial charge on any atom is 0.336 e. The highest BCUT2D eigenvalue weighted by atomic mass is 32.2. The van der Waals surface area contributed by atoms with Gasteiger partial charge < -0.3 is 19.6 Å². The number of aliphatic carboxylic acids is 1. The predicted molar refractivity (Wildman–Crippen MR) is 99.9 cm³/mol. The van der Waals surface area contributed by atoms with Gasteiger partial charge in [-0.2, -0.15) is 11.8 Å². The number of carbonyl (C=O) groups excluding carboxylic acids is 1. The highest BCUT2D eigenvalue weighted by molar-refractivity contribution is 7.98. The van der Waals surface area contributed by atoms with Crippen molar-refractivity contribution >= 4 is 34.6 Å². The number of rotatable bonds is 9. The second-order valence-electron chi connectivity index (χ2n) is 5.70. The molecule has 140 valence electrons. The first kappa shape index (κ1) is 19.8. The molecule has 8 heteroatoms. The molecule has 0 bridgehead atoms. The fraction of sp³-hybridized carbons (Fsp3) is 0.389. The zero-order chi connectivity index (χ0) is 19.1. The van der Waals surface area contributed by atoms with Crippen molar-refractivity contribution < 1.29 is 23.8 Å². The number of fused-ring (bicyclic) bond motifs is 1. The standard InChI is InChI=1S/C18H21NO6S/c1-3-4-11-7-17(21)25-15-8-12(5-6-13(11)15)24-9-16(20)19-14(10-26-2)18(22)23/h5-8,14H,3-4,9-10H2,1-2H3,(H,19,20)(H,22,23). The number of hydrogen-bond acceptors (Lipinski definition) is 6. The van der Waals surface area contributed by atoms with Gasteiger partial charge in [-0.25, -0.2) is 9.59 Å². The fourth-order valence-electron chi connectivity index (χ4n) is 2.50. The summed E-state index contributed by atoms with van der Waals surface area (Å²) < 4.78 is 10.6. The van der Waals surface area contributed by atoms with Crippen LogP contribution in [-0.4, -0.2) is 41.6 Å². The number of thioether (sulfide) groups is 1. The topological polar surface area (TPSA) is 106 Å². The molecule has 1 heterocycles. The van der Waals surface area contributed by atoms with E-state index in [1.165, 1.54) is 17.8 Å². The Morgan fingerprint density at radius 1 is 1.35 bits per heavy atom. The quantitative estimate of drug-likeness (QED) is 0.642. The minimum Gasteiger partial charge on any atom is -0.484 e. The zero-order valence-electron chi connectivity index (χ0n) is 14.6. The van der Waals surface area contributed by atoms with E-state index >= 15 is 0 Å². The summed E-state index contributed by atoms with van der Waals surface area (Å²) in [4.78, 5) is 34.6. The van der Waals surface area contributed by atoms with Gasteiger partial charge in [0.1, 0.15) is 17.4 Å². The lowest BCUT2D eigenvalue weighted by molar-refractivity contribution is -0.141. The molecule has 0 radical (unpaired) electrons. The number of amides is 1. The van der Waals surface area contributed by atoms with E-state index in [0.29, 0.717) is 11.3 Å². The molecule has 7 nitrogen and oxygen atoms in total. The van der Waals surface area contributed by atoms with Crippen molar-refractivity contribution in [1.29, 1.82) is 0 Å². The van der Waals surface area contributed by atoms with E-state index < -0.39 is 23.5 Å². The molecule has 1 amide bonds. The molecule has 1 atom stereocenters. The van der Waals surface area contributed by atoms with Crippen LogP contribution in [0.25, 0.3) is 11.0 Å². The van der Waals surface area contributed by atoms with Crippen LogP contribution in [0.5, 0.6) is 5.75 Å². The summed E-state index contributed by atoms with van der Waals surface area (Å²) >= 11 is 1.32. The van der Waals surface area contributed by atoms with Crippen molar-refractivity contribution in [3.8, 4) is 5.75 Å². The third-order valence-electron chi connectivity index (χ3n) is 3.66. The first-order valence-corrected chi connectivity index (χ1v) is 9.54. The average Bonchev–Trinajstić information content (AvgIpc) is 2.59. The first-order chi connectivity index (χ1) is 12.4. The lowest BCUT2D eigenvalue weighted by Crippen LogP contribution is -2.44. The Labute approximate surface area is 154 Å². The van der Waals surface area contributed by atoms with E-state index in [1.807, 2.05) is 6.92 Å². The van der Waals surface area contributed by atoms with Crippen LogP contribution >= 0.6 is 11.8 Å². The molecule has 2 N–H and O–H groups in total. The van der Waals surface area contributed by atoms with E-state index in [-0.39, 0.29) is 12.4 Å². The normalized spacial score (nSPS) is 11.9. The van der Waals surface area contributed by atoms with Gasteiger partial charge >= 0.3 is 11.6 Å². The zero-order valence-corrected chi connectivity index (χ0v) is 15.4. The van der Waals surface area contributed by atoms with E-state index in [2.05, 4.69) is 5.32 Å². The minimum absolute atomic E-state index is 0.266. The van der Waals surface area contributed by atoms with Crippen molar-refractivity contribution in [3.63, 3.8) is 0 Å². The summed E-state index contributed by atoms with van der Waals surface area (Å²) in [5.41, 5.74) is 0.867. The molecule has 0 aliphatic heterocycles. The highest BCUT2D eigenvalue weighted by Gasteiger charge is 2.19. The second-order valence-corrected chi connectivity index (χ2v) is 6.61. The number of hydrogen-bond donors (Lipinski definition) is 2. The molecule has 0 fully saturated rings. The van der Waals surface area contributed by atoms with Gasteiger partial charge in [0, 0.05) is 23.3 Å². The van der Waals surface area contributed by atoms with Gasteiger partial charge in [-0.05, 0) is 30.4 Å². The van der Waals surface area contributed by atoms with Crippen molar-refractivity contribution in [2.75, 3.05) is 18.6 Å². The van der Waals surface area contributed by atoms with Crippen LogP contribution in [-0.2, 0) is 16.0 Å². The SMILES string of the molecule is CCCc1cc(=O)oc2cc(OCC(=O)NC(CSC)C(=O)O)ccc12. The van der Waals surface area contributed by atoms with Crippen LogP contribution < -0.4 is 15.7 Å². The molecule has 1 aromatic heterocycles. The maximum atomic E-state index is 11.9. The number of aryl methyl sites for hydroxylation is 1. The van der Waals surface area contributed by atoms with Gasteiger partial charge in [-0.15, -0.1) is 0 Å². The first-order valence-electron chi connectivity index (χ1n) is 8.15. The molecule has 1 aromatic carbocycles. The molecule has 0 aliphatic carbocycles. The lowest BCUT2D eigenvalue weighted by Gasteiger charge is -2.14. The van der Waals surface area contributed by atoms with Crippen molar-refractivity contribution in [2.24, 2.45) is 0 Å². The molecular formula is C18H21NO6S. The van der Waals surface area contributed by atoms with E-state index in [1.54, 1.807) is 24.5 Å². The molecular weight excluding hydrogens is 358 g/mol. The Hall–Kier alpha value is -2.48. The van der Waals surface area contributed by atoms with Gasteiger partial charge in [0.15, 0.2) is 6.61 Å². The number of carboxylic acid groups (broad SMARTS) is 1. The Balaban J connectivity index is 2.08. The summed E-state index contributed by atoms with van der Waals surface area (Å²) in [6.07, 6.45) is 3.42. The fourth-order valence-corrected chi connectivity index (χ4v) is 3.06. The monoisotopic (exact) mass is 379 g/mol. The number of carboxylic acids is 1. The Kier molecular flexibility index (Phi) is 7.08. The van der Waals surface area contributed by atoms with E-state index in [0.717, 1.165) is 23.8 Å². The predicted octanol–water partition coefficient (Wildman–Crippen LogP) is 2.06. The molecule has 2 rings (SSSR count). The maximum absolute atomic E-state index is 11.9. The van der Waals surface area contributed by atoms with Crippen LogP contribution in [0.15, 0.2) is 33.5 Å². The van der Waals surface area contributed by atoms with Crippen molar-refractivity contribution in [3.05, 3.63) is 40.2 Å². The molecule has 1 unspecified atom stereocenters. The highest BCUT2D eigenvalue weighted by Crippen LogP contribution is 2.23. The van der Waals surface area contributed by atoms with Gasteiger partial charge in [0.2, 0.25) is 0 Å². The summed E-state index contributed by atoms with van der Waals surface area (Å²) in [6, 6.07) is 5.54. The Bertz CT molecular complexity index is 847. The minimum atomic E-state index is -1.09. The van der Waals surface area contributed by atoms with E-state index in [4.69, 9.17) is 14.3 Å². The van der Waals surface area contributed by atoms with Gasteiger partial charge in [-0.3, -0.25) is 4.79 Å². The summed E-state index contributed by atoms with van der Waals surface area (Å²) in [6.45, 7) is 1.69. The summed E-state index contributed by atoms with van der Waals surface area (Å²) in [5.74, 6) is -1.000. The molecule has 26 heavy (non-hydrogen) atoms. The lowest BCUT2D eigenvalue weighted by atomic mass is 10.1. The van der Waals surface area contributed by atoms with Gasteiger partial charge in [0.25, 0.3) is 5.91 Å². The average molecular weight is 379 g/mol. The third-order valence-corrected chi connectivity index (χ3v) is 4.32. The smallest absolute Gasteiger partial charge is 0.336 e. The van der Waals surface area contributed by atoms with Crippen LogP contribution in [0.2, 0.25) is 0 Å². The van der Waals surface area contributed by atoms with E-state index in [9.17, 15) is 14.4 Å². The molecule has 2 aromatic rings. The van der Waals surface area contributed by atoms with Crippen molar-refractivity contribution in [1.82, 2.24) is 5.32 Å². The van der Waals surface area contributed by atoms with Crippen LogP contribution in [0.3, 0.4) is 0 Å². The van der Waals surface area contributed by atoms with Crippen LogP contribution in [0.4, 0.5) is 0 Å². The van der Waals surface area contributed by atoms with Crippen LogP contribution in [0.1, 0.15) is 18.9 Å². The van der Waals surface area contributed by atoms with Crippen LogP contribution in [0, 0.1) is 0 Å². The molecule has 0 spiro atoms. The summed E-state index contributed by atoms with van der Waals surface area (Å²) in [7, 11) is 0. The Morgan fingerprint density at radius 3 is 2.77 bits per heavy atom. The largest absolute Gasteiger partial charge is 0.484 e. The van der Waals surface area contributed by atoms with Gasteiger partial charge in [-0.1, -0.05) is 13.3 Å². The third kappa shape index (κ3) is 5.26. The summed E-state index contributed by atoms with van der Waals surface area (Å²) in [5, 5.41) is 12.3. The van der Waals surface area contributed by atoms with Crippen molar-refractivity contribution in [2.45, 2.75) is 25.8 Å². The number of carbonyl (C=O) groups is 2. The molecule has 0 saturated heterocycles. The second kappa shape index (κ2) is 9.28. The number of ether oxygens (including phenoxy) is 1.